The summed E-state index contributed by atoms with van der Waals surface area (Å²) in [4.78, 5) is 10.1. The number of halogens is 4. The Bertz CT molecular complexity index is 975. The van der Waals surface area contributed by atoms with Gasteiger partial charge in [-0.05, 0) is 55.3 Å². The van der Waals surface area contributed by atoms with Crippen LogP contribution in [0.2, 0.25) is 0 Å². The van der Waals surface area contributed by atoms with Crippen LogP contribution in [0, 0.1) is 5.82 Å². The molecule has 0 amide bonds. The molecular formula is C18H17F4NO5S. The van der Waals surface area contributed by atoms with Gasteiger partial charge in [0.25, 0.3) is 0 Å². The average molecular weight is 435 g/mol. The van der Waals surface area contributed by atoms with Crippen molar-refractivity contribution in [1.29, 1.82) is 0 Å². The van der Waals surface area contributed by atoms with Gasteiger partial charge in [-0.3, -0.25) is 0 Å². The molecule has 0 radical (unpaired) electrons. The van der Waals surface area contributed by atoms with Gasteiger partial charge in [-0.2, -0.15) is 13.2 Å². The van der Waals surface area contributed by atoms with Crippen molar-refractivity contribution in [2.45, 2.75) is 30.5 Å². The smallest absolute Gasteiger partial charge is 0.416 e. The molecule has 0 aliphatic carbocycles. The van der Waals surface area contributed by atoms with E-state index in [1.54, 1.807) is 0 Å². The van der Waals surface area contributed by atoms with E-state index in [9.17, 15) is 30.8 Å². The van der Waals surface area contributed by atoms with Gasteiger partial charge in [0, 0.05) is 6.04 Å². The largest absolute Gasteiger partial charge is 0.479 e. The van der Waals surface area contributed by atoms with Crippen LogP contribution in [0.3, 0.4) is 0 Å². The van der Waals surface area contributed by atoms with Crippen LogP contribution in [0.1, 0.15) is 18.1 Å². The van der Waals surface area contributed by atoms with Gasteiger partial charge in [-0.1, -0.05) is 6.07 Å². The lowest BCUT2D eigenvalue weighted by atomic mass is 10.1. The van der Waals surface area contributed by atoms with Crippen LogP contribution in [0.5, 0.6) is 5.75 Å². The number of nitrogens with one attached hydrogen (secondary N) is 1. The molecule has 0 heterocycles. The molecule has 0 saturated heterocycles. The molecule has 158 valence electrons. The zero-order valence-corrected chi connectivity index (χ0v) is 15.8. The number of ether oxygens (including phenoxy) is 1. The van der Waals surface area contributed by atoms with Gasteiger partial charge in [0.2, 0.25) is 10.0 Å². The van der Waals surface area contributed by atoms with Crippen LogP contribution < -0.4 is 9.46 Å². The minimum atomic E-state index is -4.58. The molecule has 1 unspecified atom stereocenters. The number of carboxylic acid groups (broad SMARTS) is 1. The normalized spacial score (nSPS) is 13.1. The number of sulfonamides is 1. The molecule has 0 aromatic heterocycles. The van der Waals surface area contributed by atoms with Crippen molar-refractivity contribution >= 4 is 16.0 Å². The summed E-state index contributed by atoms with van der Waals surface area (Å²) in [5.41, 5.74) is -0.557. The summed E-state index contributed by atoms with van der Waals surface area (Å²) < 4.78 is 83.4. The van der Waals surface area contributed by atoms with Gasteiger partial charge in [0.1, 0.15) is 0 Å². The zero-order chi connectivity index (χ0) is 21.8. The summed E-state index contributed by atoms with van der Waals surface area (Å²) >= 11 is 0. The number of alkyl halides is 3. The predicted molar refractivity (Wildman–Crippen MR) is 94.5 cm³/mol. The Labute approximate surface area is 164 Å². The maximum absolute atomic E-state index is 13.9. The Morgan fingerprint density at radius 2 is 1.79 bits per heavy atom. The number of rotatable bonds is 8. The first-order valence-corrected chi connectivity index (χ1v) is 9.69. The van der Waals surface area contributed by atoms with Crippen LogP contribution in [0.15, 0.2) is 47.4 Å². The van der Waals surface area contributed by atoms with E-state index in [1.807, 2.05) is 0 Å². The monoisotopic (exact) mass is 435 g/mol. The Balaban J connectivity index is 2.05. The lowest BCUT2D eigenvalue weighted by Crippen LogP contribution is -2.34. The fourth-order valence-corrected chi connectivity index (χ4v) is 3.72. The minimum Gasteiger partial charge on any atom is -0.479 e. The first kappa shape index (κ1) is 22.6. The zero-order valence-electron chi connectivity index (χ0n) is 15.0. The third-order valence-corrected chi connectivity index (χ3v) is 5.34. The number of carbonyl (C=O) groups is 1. The van der Waals surface area contributed by atoms with E-state index in [4.69, 9.17) is 9.84 Å². The predicted octanol–water partition coefficient (Wildman–Crippen LogP) is 3.22. The third-order valence-electron chi connectivity index (χ3n) is 3.74. The lowest BCUT2D eigenvalue weighted by Gasteiger charge is -2.15. The van der Waals surface area contributed by atoms with Gasteiger partial charge >= 0.3 is 12.1 Å². The summed E-state index contributed by atoms with van der Waals surface area (Å²) in [6.45, 7) is 0.800. The van der Waals surface area contributed by atoms with E-state index in [-0.39, 0.29) is 17.1 Å². The van der Waals surface area contributed by atoms with Crippen molar-refractivity contribution in [2.24, 2.45) is 0 Å². The molecule has 29 heavy (non-hydrogen) atoms. The molecule has 0 aliphatic heterocycles. The summed E-state index contributed by atoms with van der Waals surface area (Å²) in [6.07, 6.45) is -4.50. The van der Waals surface area contributed by atoms with Crippen molar-refractivity contribution < 1.29 is 40.6 Å². The number of benzene rings is 2. The molecule has 2 aromatic rings. The first-order chi connectivity index (χ1) is 13.4. The summed E-state index contributed by atoms with van der Waals surface area (Å²) in [7, 11) is -4.08. The second-order valence-corrected chi connectivity index (χ2v) is 7.91. The molecule has 0 saturated carbocycles. The molecule has 0 aliphatic rings. The van der Waals surface area contributed by atoms with E-state index in [0.29, 0.717) is 17.7 Å². The summed E-state index contributed by atoms with van der Waals surface area (Å²) in [6, 6.07) is 6.11. The van der Waals surface area contributed by atoms with E-state index < -0.39 is 46.2 Å². The molecule has 2 rings (SSSR count). The number of hydrogen-bond donors (Lipinski definition) is 2. The maximum Gasteiger partial charge on any atom is 0.416 e. The Morgan fingerprint density at radius 1 is 1.17 bits per heavy atom. The average Bonchev–Trinajstić information content (AvgIpc) is 2.59. The Hall–Kier alpha value is -2.66. The molecule has 2 N–H and O–H groups in total. The highest BCUT2D eigenvalue weighted by molar-refractivity contribution is 7.89. The van der Waals surface area contributed by atoms with Crippen molar-refractivity contribution in [3.05, 3.63) is 59.4 Å². The molecule has 1 atom stereocenters. The molecule has 0 fully saturated rings. The molecular weight excluding hydrogens is 418 g/mol. The fourth-order valence-electron chi connectivity index (χ4n) is 2.48. The highest BCUT2D eigenvalue weighted by Crippen LogP contribution is 2.29. The Morgan fingerprint density at radius 3 is 2.31 bits per heavy atom. The third kappa shape index (κ3) is 6.43. The summed E-state index contributed by atoms with van der Waals surface area (Å²) in [5.74, 6) is -2.32. The van der Waals surface area contributed by atoms with Crippen LogP contribution in [-0.2, 0) is 27.4 Å². The van der Waals surface area contributed by atoms with Gasteiger partial charge in [0.05, 0.1) is 10.5 Å². The van der Waals surface area contributed by atoms with E-state index >= 15 is 0 Å². The van der Waals surface area contributed by atoms with Crippen LogP contribution in [-0.4, -0.2) is 32.1 Å². The van der Waals surface area contributed by atoms with Gasteiger partial charge < -0.3 is 9.84 Å². The van der Waals surface area contributed by atoms with Crippen molar-refractivity contribution in [3.63, 3.8) is 0 Å². The van der Waals surface area contributed by atoms with Crippen molar-refractivity contribution in [3.8, 4) is 5.75 Å². The number of carboxylic acids is 1. The molecule has 2 aromatic carbocycles. The molecule has 11 heteroatoms. The van der Waals surface area contributed by atoms with Crippen LogP contribution in [0.25, 0.3) is 0 Å². The van der Waals surface area contributed by atoms with Gasteiger partial charge in [-0.25, -0.2) is 22.3 Å². The van der Waals surface area contributed by atoms with Crippen molar-refractivity contribution in [1.82, 2.24) is 4.72 Å². The first-order valence-electron chi connectivity index (χ1n) is 8.21. The van der Waals surface area contributed by atoms with Crippen LogP contribution in [0.4, 0.5) is 17.6 Å². The van der Waals surface area contributed by atoms with Crippen molar-refractivity contribution in [2.75, 3.05) is 6.61 Å². The molecule has 0 bridgehead atoms. The Kier molecular flexibility index (Phi) is 6.85. The highest BCUT2D eigenvalue weighted by atomic mass is 32.2. The topological polar surface area (TPSA) is 92.7 Å². The minimum absolute atomic E-state index is 0.0794. The standard InChI is InChI=1S/C18H17F4NO5S/c1-11(8-12-2-7-16(15(19)9-12)28-10-17(24)25)23-29(26,27)14-5-3-13(4-6-14)18(20,21)22/h2-7,9,11,23H,8,10H2,1H3,(H,24,25). The summed E-state index contributed by atoms with van der Waals surface area (Å²) in [5, 5.41) is 8.53. The number of hydrogen-bond acceptors (Lipinski definition) is 4. The number of aliphatic carboxylic acids is 1. The van der Waals surface area contributed by atoms with E-state index in [1.165, 1.54) is 19.1 Å². The van der Waals surface area contributed by atoms with Crippen LogP contribution >= 0.6 is 0 Å². The lowest BCUT2D eigenvalue weighted by molar-refractivity contribution is -0.139. The second-order valence-electron chi connectivity index (χ2n) is 6.20. The van der Waals surface area contributed by atoms with Gasteiger partial charge in [-0.15, -0.1) is 0 Å². The fraction of sp³-hybridized carbons (Fsp3) is 0.278. The van der Waals surface area contributed by atoms with E-state index in [0.717, 1.165) is 18.2 Å². The second kappa shape index (κ2) is 8.78. The quantitative estimate of drug-likeness (QED) is 0.622. The molecule has 6 nitrogen and oxygen atoms in total. The van der Waals surface area contributed by atoms with E-state index in [2.05, 4.69) is 4.72 Å². The maximum atomic E-state index is 13.9. The van der Waals surface area contributed by atoms with Gasteiger partial charge in [0.15, 0.2) is 18.2 Å². The SMILES string of the molecule is CC(Cc1ccc(OCC(=O)O)c(F)c1)NS(=O)(=O)c1ccc(C(F)(F)F)cc1. The molecule has 0 spiro atoms. The highest BCUT2D eigenvalue weighted by Gasteiger charge is 2.30.